The van der Waals surface area contributed by atoms with Crippen LogP contribution in [0.1, 0.15) is 28.3 Å². The molecule has 1 saturated heterocycles. The minimum atomic E-state index is -0.122. The first-order valence-corrected chi connectivity index (χ1v) is 8.51. The summed E-state index contributed by atoms with van der Waals surface area (Å²) in [5.74, 6) is 0.856. The number of piperidine rings is 1. The molecule has 23 heavy (non-hydrogen) atoms. The monoisotopic (exact) mass is 353 g/mol. The Balaban J connectivity index is 1.53. The third kappa shape index (κ3) is 3.73. The van der Waals surface area contributed by atoms with E-state index < -0.39 is 0 Å². The van der Waals surface area contributed by atoms with Crippen LogP contribution in [0.15, 0.2) is 22.7 Å². The summed E-state index contributed by atoms with van der Waals surface area (Å²) in [6.07, 6.45) is 1.26. The number of aromatic nitrogens is 1. The summed E-state index contributed by atoms with van der Waals surface area (Å²) in [5, 5.41) is 6.50. The number of carbonyl (C=O) groups excluding carboxylic acids is 2. The summed E-state index contributed by atoms with van der Waals surface area (Å²) >= 11 is 7.15. The van der Waals surface area contributed by atoms with Crippen molar-refractivity contribution in [1.29, 1.82) is 0 Å². The van der Waals surface area contributed by atoms with Crippen LogP contribution in [-0.2, 0) is 4.79 Å². The molecule has 0 saturated carbocycles. The van der Waals surface area contributed by atoms with Crippen LogP contribution in [0.2, 0.25) is 4.34 Å². The topological polar surface area (TPSA) is 75.4 Å². The number of hydrogen-bond acceptors (Lipinski definition) is 5. The molecule has 0 atom stereocenters. The summed E-state index contributed by atoms with van der Waals surface area (Å²) in [6.45, 7) is 2.89. The smallest absolute Gasteiger partial charge is 0.263 e. The van der Waals surface area contributed by atoms with Crippen LogP contribution in [-0.4, -0.2) is 35.0 Å². The number of aryl methyl sites for hydroxylation is 1. The Labute approximate surface area is 142 Å². The van der Waals surface area contributed by atoms with Gasteiger partial charge in [0.2, 0.25) is 5.91 Å². The van der Waals surface area contributed by atoms with Gasteiger partial charge in [-0.2, -0.15) is 0 Å². The molecule has 0 spiro atoms. The summed E-state index contributed by atoms with van der Waals surface area (Å²) < 4.78 is 5.53. The maximum atomic E-state index is 12.3. The van der Waals surface area contributed by atoms with Crippen molar-refractivity contribution in [1.82, 2.24) is 10.1 Å². The Kier molecular flexibility index (Phi) is 4.68. The molecular formula is C15H16ClN3O3S. The van der Waals surface area contributed by atoms with Gasteiger partial charge in [0.05, 0.1) is 9.21 Å². The molecule has 122 valence electrons. The van der Waals surface area contributed by atoms with E-state index in [1.807, 2.05) is 0 Å². The number of rotatable bonds is 3. The van der Waals surface area contributed by atoms with Gasteiger partial charge in [-0.25, -0.2) is 0 Å². The first kappa shape index (κ1) is 16.0. The SMILES string of the molecule is Cc1cc(NC(=O)C2CCN(C(=O)c3ccc(Cl)s3)CC2)no1. The highest BCUT2D eigenvalue weighted by atomic mass is 35.5. The van der Waals surface area contributed by atoms with Gasteiger partial charge >= 0.3 is 0 Å². The molecule has 1 fully saturated rings. The largest absolute Gasteiger partial charge is 0.360 e. The zero-order valence-corrected chi connectivity index (χ0v) is 14.1. The highest BCUT2D eigenvalue weighted by Gasteiger charge is 2.28. The van der Waals surface area contributed by atoms with Crippen LogP contribution < -0.4 is 5.32 Å². The van der Waals surface area contributed by atoms with Crippen molar-refractivity contribution in [3.63, 3.8) is 0 Å². The molecule has 3 rings (SSSR count). The van der Waals surface area contributed by atoms with E-state index in [0.717, 1.165) is 0 Å². The third-order valence-corrected chi connectivity index (χ3v) is 5.04. The van der Waals surface area contributed by atoms with Crippen LogP contribution in [0.25, 0.3) is 0 Å². The number of hydrogen-bond donors (Lipinski definition) is 1. The van der Waals surface area contributed by atoms with Crippen molar-refractivity contribution in [2.24, 2.45) is 5.92 Å². The zero-order chi connectivity index (χ0) is 16.4. The Bertz CT molecular complexity index is 719. The molecule has 3 heterocycles. The second-order valence-electron chi connectivity index (χ2n) is 5.48. The fraction of sp³-hybridized carbons (Fsp3) is 0.400. The predicted molar refractivity (Wildman–Crippen MR) is 87.8 cm³/mol. The molecule has 0 aromatic carbocycles. The van der Waals surface area contributed by atoms with Crippen LogP contribution in [0.3, 0.4) is 0 Å². The van der Waals surface area contributed by atoms with E-state index in [1.165, 1.54) is 11.3 Å². The molecule has 1 aliphatic heterocycles. The van der Waals surface area contributed by atoms with Crippen LogP contribution >= 0.6 is 22.9 Å². The maximum absolute atomic E-state index is 12.3. The maximum Gasteiger partial charge on any atom is 0.263 e. The molecule has 6 nitrogen and oxygen atoms in total. The Morgan fingerprint density at radius 3 is 2.70 bits per heavy atom. The molecular weight excluding hydrogens is 338 g/mol. The van der Waals surface area contributed by atoms with Gasteiger partial charge < -0.3 is 14.7 Å². The second-order valence-corrected chi connectivity index (χ2v) is 7.20. The fourth-order valence-corrected chi connectivity index (χ4v) is 3.59. The molecule has 2 aromatic rings. The molecule has 2 aromatic heterocycles. The van der Waals surface area contributed by atoms with Crippen LogP contribution in [0, 0.1) is 12.8 Å². The van der Waals surface area contributed by atoms with Crippen molar-refractivity contribution in [3.05, 3.63) is 33.2 Å². The predicted octanol–water partition coefficient (Wildman–Crippen LogP) is 3.19. The van der Waals surface area contributed by atoms with E-state index in [1.54, 1.807) is 30.0 Å². The second kappa shape index (κ2) is 6.72. The van der Waals surface area contributed by atoms with Gasteiger partial charge in [-0.3, -0.25) is 9.59 Å². The Morgan fingerprint density at radius 1 is 1.39 bits per heavy atom. The average Bonchev–Trinajstić information content (AvgIpc) is 3.15. The number of thiophene rings is 1. The van der Waals surface area contributed by atoms with Crippen molar-refractivity contribution >= 4 is 40.6 Å². The van der Waals surface area contributed by atoms with Gasteiger partial charge in [0.1, 0.15) is 5.76 Å². The van der Waals surface area contributed by atoms with E-state index in [2.05, 4.69) is 10.5 Å². The van der Waals surface area contributed by atoms with Crippen LogP contribution in [0.5, 0.6) is 0 Å². The highest BCUT2D eigenvalue weighted by Crippen LogP contribution is 2.25. The van der Waals surface area contributed by atoms with Crippen molar-refractivity contribution in [2.75, 3.05) is 18.4 Å². The number of carbonyl (C=O) groups is 2. The number of halogens is 1. The van der Waals surface area contributed by atoms with Crippen molar-refractivity contribution in [3.8, 4) is 0 Å². The Hall–Kier alpha value is -1.86. The molecule has 0 unspecified atom stereocenters. The Morgan fingerprint density at radius 2 is 2.13 bits per heavy atom. The lowest BCUT2D eigenvalue weighted by Crippen LogP contribution is -2.41. The van der Waals surface area contributed by atoms with Gasteiger partial charge in [-0.05, 0) is 31.9 Å². The number of amides is 2. The standard InChI is InChI=1S/C15H16ClN3O3S/c1-9-8-13(18-22-9)17-14(20)10-4-6-19(7-5-10)15(21)11-2-3-12(16)23-11/h2-3,8,10H,4-7H2,1H3,(H,17,18,20). The number of anilines is 1. The summed E-state index contributed by atoms with van der Waals surface area (Å²) in [5.41, 5.74) is 0. The number of nitrogens with zero attached hydrogens (tertiary/aromatic N) is 2. The van der Waals surface area contributed by atoms with Crippen molar-refractivity contribution < 1.29 is 14.1 Å². The first-order valence-electron chi connectivity index (χ1n) is 7.32. The lowest BCUT2D eigenvalue weighted by atomic mass is 9.96. The molecule has 1 N–H and O–H groups in total. The summed E-state index contributed by atoms with van der Waals surface area (Å²) in [7, 11) is 0. The molecule has 1 aliphatic rings. The normalized spacial score (nSPS) is 15.7. The number of nitrogens with one attached hydrogen (secondary N) is 1. The van der Waals surface area contributed by atoms with Gasteiger partial charge in [0, 0.05) is 25.1 Å². The highest BCUT2D eigenvalue weighted by molar-refractivity contribution is 7.17. The third-order valence-electron chi connectivity index (χ3n) is 3.82. The van der Waals surface area contributed by atoms with E-state index in [0.29, 0.717) is 46.7 Å². The van der Waals surface area contributed by atoms with Crippen molar-refractivity contribution in [2.45, 2.75) is 19.8 Å². The minimum absolute atomic E-state index is 0.0205. The fourth-order valence-electron chi connectivity index (χ4n) is 2.58. The molecule has 0 radical (unpaired) electrons. The average molecular weight is 354 g/mol. The molecule has 0 aliphatic carbocycles. The van der Waals surface area contributed by atoms with E-state index in [9.17, 15) is 9.59 Å². The lowest BCUT2D eigenvalue weighted by molar-refractivity contribution is -0.121. The van der Waals surface area contributed by atoms with Crippen LogP contribution in [0.4, 0.5) is 5.82 Å². The van der Waals surface area contributed by atoms with E-state index >= 15 is 0 Å². The quantitative estimate of drug-likeness (QED) is 0.919. The van der Waals surface area contributed by atoms with E-state index in [-0.39, 0.29) is 17.7 Å². The summed E-state index contributed by atoms with van der Waals surface area (Å²) in [4.78, 5) is 27.0. The van der Waals surface area contributed by atoms with E-state index in [4.69, 9.17) is 16.1 Å². The zero-order valence-electron chi connectivity index (χ0n) is 12.5. The minimum Gasteiger partial charge on any atom is -0.360 e. The molecule has 8 heteroatoms. The summed E-state index contributed by atoms with van der Waals surface area (Å²) in [6, 6.07) is 5.14. The van der Waals surface area contributed by atoms with Gasteiger partial charge in [0.15, 0.2) is 5.82 Å². The van der Waals surface area contributed by atoms with Gasteiger partial charge in [-0.15, -0.1) is 11.3 Å². The molecule has 2 amide bonds. The molecule has 0 bridgehead atoms. The van der Waals surface area contributed by atoms with Gasteiger partial charge in [-0.1, -0.05) is 16.8 Å². The number of likely N-dealkylation sites (tertiary alicyclic amines) is 1. The lowest BCUT2D eigenvalue weighted by Gasteiger charge is -2.30. The van der Waals surface area contributed by atoms with Gasteiger partial charge in [0.25, 0.3) is 5.91 Å². The first-order chi connectivity index (χ1) is 11.0.